The van der Waals surface area contributed by atoms with Crippen molar-refractivity contribution in [3.05, 3.63) is 65.4 Å². The lowest BCUT2D eigenvalue weighted by Gasteiger charge is -2.36. The van der Waals surface area contributed by atoms with E-state index >= 15 is 0 Å². The molecule has 1 saturated heterocycles. The lowest BCUT2D eigenvalue weighted by molar-refractivity contribution is -0.112. The quantitative estimate of drug-likeness (QED) is 0.417. The van der Waals surface area contributed by atoms with Gasteiger partial charge in [0.1, 0.15) is 11.6 Å². The van der Waals surface area contributed by atoms with Gasteiger partial charge < -0.3 is 15.1 Å². The van der Waals surface area contributed by atoms with Crippen molar-refractivity contribution in [3.8, 4) is 6.07 Å². The molecule has 1 heterocycles. The van der Waals surface area contributed by atoms with Crippen LogP contribution in [-0.4, -0.2) is 50.0 Å². The van der Waals surface area contributed by atoms with Crippen molar-refractivity contribution in [2.24, 2.45) is 0 Å². The summed E-state index contributed by atoms with van der Waals surface area (Å²) in [5, 5.41) is 11.9. The molecule has 8 nitrogen and oxygen atoms in total. The highest BCUT2D eigenvalue weighted by Crippen LogP contribution is 2.24. The Kier molecular flexibility index (Phi) is 6.63. The zero-order chi connectivity index (χ0) is 22.6. The molecule has 0 spiro atoms. The molecule has 3 rings (SSSR count). The summed E-state index contributed by atoms with van der Waals surface area (Å²) in [6.45, 7) is 7.02. The van der Waals surface area contributed by atoms with Gasteiger partial charge in [-0.3, -0.25) is 9.35 Å². The molecule has 1 fully saturated rings. The maximum absolute atomic E-state index is 12.5. The minimum absolute atomic E-state index is 0.0857. The minimum atomic E-state index is -4.39. The van der Waals surface area contributed by atoms with Crippen LogP contribution in [0.4, 0.5) is 11.4 Å². The zero-order valence-corrected chi connectivity index (χ0v) is 18.2. The summed E-state index contributed by atoms with van der Waals surface area (Å²) in [5.74, 6) is -0.646. The van der Waals surface area contributed by atoms with Gasteiger partial charge in [0.05, 0.1) is 4.90 Å². The normalized spacial score (nSPS) is 14.8. The van der Waals surface area contributed by atoms with Crippen LogP contribution >= 0.6 is 0 Å². The second kappa shape index (κ2) is 9.20. The molecule has 1 aliphatic rings. The summed E-state index contributed by atoms with van der Waals surface area (Å²) in [7, 11) is -4.39. The van der Waals surface area contributed by atoms with Crippen LogP contribution in [0.2, 0.25) is 0 Å². The van der Waals surface area contributed by atoms with Gasteiger partial charge in [0, 0.05) is 43.8 Å². The molecule has 0 radical (unpaired) electrons. The number of nitriles is 1. The van der Waals surface area contributed by atoms with E-state index in [-0.39, 0.29) is 16.2 Å². The molecular weight excluding hydrogens is 416 g/mol. The first kappa shape index (κ1) is 22.3. The summed E-state index contributed by atoms with van der Waals surface area (Å²) in [6.07, 6.45) is 1.53. The van der Waals surface area contributed by atoms with Gasteiger partial charge in [-0.2, -0.15) is 13.7 Å². The molecule has 2 aromatic carbocycles. The fourth-order valence-corrected chi connectivity index (χ4v) is 3.95. The SMILES string of the molecule is Cc1cccc(N2CCN(/C=C(/C#N)C(=O)Nc3cccc(S(=O)(=O)O)c3)CC2)c1C. The van der Waals surface area contributed by atoms with Gasteiger partial charge in [-0.25, -0.2) is 0 Å². The second-order valence-corrected chi connectivity index (χ2v) is 8.78. The molecule has 1 amide bonds. The predicted octanol–water partition coefficient (Wildman–Crippen LogP) is 2.72. The molecule has 0 atom stereocenters. The second-order valence-electron chi connectivity index (χ2n) is 7.35. The fraction of sp³-hybridized carbons (Fsp3) is 0.273. The number of anilines is 2. The van der Waals surface area contributed by atoms with Gasteiger partial charge in [0.25, 0.3) is 16.0 Å². The molecule has 0 aliphatic carbocycles. The van der Waals surface area contributed by atoms with E-state index in [4.69, 9.17) is 4.55 Å². The van der Waals surface area contributed by atoms with Gasteiger partial charge in [-0.05, 0) is 49.2 Å². The van der Waals surface area contributed by atoms with Gasteiger partial charge >= 0.3 is 0 Å². The van der Waals surface area contributed by atoms with Crippen LogP contribution in [0.15, 0.2) is 59.1 Å². The zero-order valence-electron chi connectivity index (χ0n) is 17.4. The van der Waals surface area contributed by atoms with Crippen molar-refractivity contribution < 1.29 is 17.8 Å². The lowest BCUT2D eigenvalue weighted by Crippen LogP contribution is -2.44. The number of amides is 1. The smallest absolute Gasteiger partial charge is 0.294 e. The third-order valence-corrected chi connectivity index (χ3v) is 6.15. The van der Waals surface area contributed by atoms with Crippen LogP contribution < -0.4 is 10.2 Å². The topological polar surface area (TPSA) is 114 Å². The highest BCUT2D eigenvalue weighted by Gasteiger charge is 2.19. The predicted molar refractivity (Wildman–Crippen MR) is 118 cm³/mol. The molecule has 9 heteroatoms. The molecule has 162 valence electrons. The largest absolute Gasteiger partial charge is 0.373 e. The standard InChI is InChI=1S/C22H24N4O4S/c1-16-5-3-8-21(17(16)2)26-11-9-25(10-12-26)15-18(14-23)22(27)24-19-6-4-7-20(13-19)31(28,29)30/h3-8,13,15H,9-12H2,1-2H3,(H,24,27)(H,28,29,30)/b18-15-. The van der Waals surface area contributed by atoms with Gasteiger partial charge in [-0.15, -0.1) is 0 Å². The maximum Gasteiger partial charge on any atom is 0.294 e. The molecular formula is C22H24N4O4S. The number of nitrogens with zero attached hydrogens (tertiary/aromatic N) is 3. The Bertz CT molecular complexity index is 1160. The first-order valence-corrected chi connectivity index (χ1v) is 11.2. The Balaban J connectivity index is 1.67. The number of benzene rings is 2. The van der Waals surface area contributed by atoms with Crippen molar-refractivity contribution >= 4 is 27.4 Å². The van der Waals surface area contributed by atoms with Crippen LogP contribution in [0.5, 0.6) is 0 Å². The Morgan fingerprint density at radius 2 is 1.81 bits per heavy atom. The van der Waals surface area contributed by atoms with E-state index in [1.54, 1.807) is 0 Å². The average Bonchev–Trinajstić information content (AvgIpc) is 2.74. The van der Waals surface area contributed by atoms with Gasteiger partial charge in [0.2, 0.25) is 0 Å². The van der Waals surface area contributed by atoms with E-state index in [1.807, 2.05) is 17.0 Å². The van der Waals surface area contributed by atoms with Crippen molar-refractivity contribution in [3.63, 3.8) is 0 Å². The Labute approximate surface area is 182 Å². The van der Waals surface area contributed by atoms with Crippen molar-refractivity contribution in [2.45, 2.75) is 18.7 Å². The first-order chi connectivity index (χ1) is 14.7. The van der Waals surface area contributed by atoms with Crippen molar-refractivity contribution in [1.29, 1.82) is 5.26 Å². The van der Waals surface area contributed by atoms with Crippen LogP contribution in [0.3, 0.4) is 0 Å². The van der Waals surface area contributed by atoms with E-state index in [1.165, 1.54) is 41.2 Å². The summed E-state index contributed by atoms with van der Waals surface area (Å²) < 4.78 is 31.7. The van der Waals surface area contributed by atoms with E-state index in [9.17, 15) is 18.5 Å². The monoisotopic (exact) mass is 440 g/mol. The van der Waals surface area contributed by atoms with Crippen LogP contribution in [0.1, 0.15) is 11.1 Å². The Hall–Kier alpha value is -3.35. The number of carbonyl (C=O) groups excluding carboxylic acids is 1. The number of carbonyl (C=O) groups is 1. The average molecular weight is 441 g/mol. The number of hydrogen-bond acceptors (Lipinski definition) is 6. The Morgan fingerprint density at radius 1 is 1.13 bits per heavy atom. The summed E-state index contributed by atoms with van der Waals surface area (Å²) >= 11 is 0. The van der Waals surface area contributed by atoms with E-state index in [2.05, 4.69) is 36.2 Å². The summed E-state index contributed by atoms with van der Waals surface area (Å²) in [5.41, 5.74) is 3.76. The number of rotatable bonds is 5. The molecule has 0 bridgehead atoms. The van der Waals surface area contributed by atoms with E-state index < -0.39 is 16.0 Å². The third kappa shape index (κ3) is 5.42. The first-order valence-electron chi connectivity index (χ1n) is 9.75. The fourth-order valence-electron chi connectivity index (χ4n) is 3.42. The molecule has 0 saturated carbocycles. The third-order valence-electron chi connectivity index (χ3n) is 5.30. The molecule has 2 N–H and O–H groups in total. The van der Waals surface area contributed by atoms with Gasteiger partial charge in [0.15, 0.2) is 0 Å². The minimum Gasteiger partial charge on any atom is -0.373 e. The highest BCUT2D eigenvalue weighted by molar-refractivity contribution is 7.85. The Morgan fingerprint density at radius 3 is 2.45 bits per heavy atom. The molecule has 0 aromatic heterocycles. The van der Waals surface area contributed by atoms with E-state index in [0.717, 1.165) is 19.2 Å². The number of nitrogens with one attached hydrogen (secondary N) is 1. The molecule has 31 heavy (non-hydrogen) atoms. The van der Waals surface area contributed by atoms with Gasteiger partial charge in [-0.1, -0.05) is 18.2 Å². The molecule has 0 unspecified atom stereocenters. The van der Waals surface area contributed by atoms with E-state index in [0.29, 0.717) is 13.1 Å². The highest BCUT2D eigenvalue weighted by atomic mass is 32.2. The number of aryl methyl sites for hydroxylation is 1. The van der Waals surface area contributed by atoms with Crippen molar-refractivity contribution in [2.75, 3.05) is 36.4 Å². The van der Waals surface area contributed by atoms with Crippen LogP contribution in [0.25, 0.3) is 0 Å². The summed E-state index contributed by atoms with van der Waals surface area (Å²) in [6, 6.07) is 13.3. The number of hydrogen-bond donors (Lipinski definition) is 2. The van der Waals surface area contributed by atoms with Crippen molar-refractivity contribution in [1.82, 2.24) is 4.90 Å². The molecule has 2 aromatic rings. The van der Waals surface area contributed by atoms with Crippen LogP contribution in [-0.2, 0) is 14.9 Å². The molecule has 1 aliphatic heterocycles. The summed E-state index contributed by atoms with van der Waals surface area (Å²) in [4.78, 5) is 16.4. The van der Waals surface area contributed by atoms with Crippen LogP contribution in [0, 0.1) is 25.2 Å². The lowest BCUT2D eigenvalue weighted by atomic mass is 10.1. The number of piperazine rings is 1. The maximum atomic E-state index is 12.5.